The lowest BCUT2D eigenvalue weighted by Crippen LogP contribution is -2.35. The highest BCUT2D eigenvalue weighted by atomic mass is 16.5. The minimum atomic E-state index is -0.345. The number of amides is 1. The molecule has 25 heavy (non-hydrogen) atoms. The van der Waals surface area contributed by atoms with Gasteiger partial charge < -0.3 is 14.5 Å². The SMILES string of the molecule is COc1ccc(-c2nc3ncccc3o2)cc1NC(=O)[C@H]1C=CCN1. The van der Waals surface area contributed by atoms with Gasteiger partial charge in [0.15, 0.2) is 11.2 Å². The topological polar surface area (TPSA) is 89.3 Å². The summed E-state index contributed by atoms with van der Waals surface area (Å²) in [6.07, 6.45) is 5.41. The number of benzene rings is 1. The Morgan fingerprint density at radius 2 is 2.32 bits per heavy atom. The maximum atomic E-state index is 12.3. The van der Waals surface area contributed by atoms with Gasteiger partial charge in [-0.2, -0.15) is 4.98 Å². The van der Waals surface area contributed by atoms with Gasteiger partial charge in [-0.15, -0.1) is 0 Å². The largest absolute Gasteiger partial charge is 0.495 e. The van der Waals surface area contributed by atoms with E-state index in [0.717, 1.165) is 5.56 Å². The summed E-state index contributed by atoms with van der Waals surface area (Å²) in [6.45, 7) is 0.686. The molecule has 0 saturated heterocycles. The van der Waals surface area contributed by atoms with Crippen molar-refractivity contribution < 1.29 is 13.9 Å². The van der Waals surface area contributed by atoms with Gasteiger partial charge in [0.1, 0.15) is 11.8 Å². The van der Waals surface area contributed by atoms with Gasteiger partial charge >= 0.3 is 0 Å². The molecule has 7 heteroatoms. The van der Waals surface area contributed by atoms with E-state index in [1.54, 1.807) is 31.5 Å². The van der Waals surface area contributed by atoms with Gasteiger partial charge in [-0.1, -0.05) is 12.2 Å². The van der Waals surface area contributed by atoms with Crippen LogP contribution in [0.25, 0.3) is 22.7 Å². The number of hydrogen-bond acceptors (Lipinski definition) is 6. The van der Waals surface area contributed by atoms with E-state index in [2.05, 4.69) is 20.6 Å². The third-order valence-corrected chi connectivity index (χ3v) is 3.94. The lowest BCUT2D eigenvalue weighted by atomic mass is 10.1. The predicted molar refractivity (Wildman–Crippen MR) is 93.4 cm³/mol. The summed E-state index contributed by atoms with van der Waals surface area (Å²) in [6, 6.07) is 8.63. The van der Waals surface area contributed by atoms with Crippen LogP contribution in [0.3, 0.4) is 0 Å². The zero-order valence-corrected chi connectivity index (χ0v) is 13.5. The molecule has 0 unspecified atom stereocenters. The number of oxazole rings is 1. The smallest absolute Gasteiger partial charge is 0.245 e. The third-order valence-electron chi connectivity index (χ3n) is 3.94. The van der Waals surface area contributed by atoms with Crippen LogP contribution in [0.1, 0.15) is 0 Å². The van der Waals surface area contributed by atoms with Crippen molar-refractivity contribution >= 4 is 22.8 Å². The standard InChI is InChI=1S/C18H16N4O3/c1-24-14-7-6-11(18-22-16-15(25-18)5-3-9-20-16)10-13(14)21-17(23)12-4-2-8-19-12/h2-7,9-10,12,19H,8H2,1H3,(H,21,23)/t12-/m1/s1. The lowest BCUT2D eigenvalue weighted by Gasteiger charge is -2.14. The predicted octanol–water partition coefficient (Wildman–Crippen LogP) is 2.36. The molecule has 1 aromatic carbocycles. The van der Waals surface area contributed by atoms with E-state index in [4.69, 9.17) is 9.15 Å². The third kappa shape index (κ3) is 2.97. The van der Waals surface area contributed by atoms with Crippen LogP contribution in [0.15, 0.2) is 53.1 Å². The first-order valence-electron chi connectivity index (χ1n) is 7.85. The zero-order valence-electron chi connectivity index (χ0n) is 13.5. The number of anilines is 1. The molecular formula is C18H16N4O3. The number of carbonyl (C=O) groups excluding carboxylic acids is 1. The number of nitrogens with zero attached hydrogens (tertiary/aromatic N) is 2. The van der Waals surface area contributed by atoms with E-state index in [-0.39, 0.29) is 11.9 Å². The Labute approximate surface area is 143 Å². The molecule has 1 aliphatic heterocycles. The summed E-state index contributed by atoms with van der Waals surface area (Å²) in [4.78, 5) is 20.9. The first-order valence-corrected chi connectivity index (χ1v) is 7.85. The molecule has 0 radical (unpaired) electrons. The first kappa shape index (κ1) is 15.3. The highest BCUT2D eigenvalue weighted by Crippen LogP contribution is 2.31. The van der Waals surface area contributed by atoms with Crippen LogP contribution < -0.4 is 15.4 Å². The molecule has 0 fully saturated rings. The molecule has 126 valence electrons. The second-order valence-electron chi connectivity index (χ2n) is 5.56. The van der Waals surface area contributed by atoms with Crippen molar-refractivity contribution in [3.8, 4) is 17.2 Å². The fourth-order valence-corrected chi connectivity index (χ4v) is 2.69. The normalized spacial score (nSPS) is 16.3. The van der Waals surface area contributed by atoms with E-state index >= 15 is 0 Å². The highest BCUT2D eigenvalue weighted by molar-refractivity contribution is 5.98. The van der Waals surface area contributed by atoms with Crippen molar-refractivity contribution in [3.05, 3.63) is 48.7 Å². The molecule has 3 heterocycles. The maximum Gasteiger partial charge on any atom is 0.245 e. The maximum absolute atomic E-state index is 12.3. The van der Waals surface area contributed by atoms with Gasteiger partial charge in [0.2, 0.25) is 11.8 Å². The van der Waals surface area contributed by atoms with Crippen molar-refractivity contribution in [2.24, 2.45) is 0 Å². The fraction of sp³-hybridized carbons (Fsp3) is 0.167. The van der Waals surface area contributed by atoms with Crippen LogP contribution in [-0.2, 0) is 4.79 Å². The average molecular weight is 336 g/mol. The Hall–Kier alpha value is -3.19. The number of hydrogen-bond donors (Lipinski definition) is 2. The molecule has 7 nitrogen and oxygen atoms in total. The molecule has 0 spiro atoms. The molecule has 2 aromatic heterocycles. The number of rotatable bonds is 4. The van der Waals surface area contributed by atoms with Crippen LogP contribution in [0.5, 0.6) is 5.75 Å². The van der Waals surface area contributed by atoms with E-state index in [9.17, 15) is 4.79 Å². The molecule has 2 N–H and O–H groups in total. The van der Waals surface area contributed by atoms with E-state index in [1.807, 2.05) is 24.3 Å². The van der Waals surface area contributed by atoms with Crippen molar-refractivity contribution in [2.75, 3.05) is 19.0 Å². The monoisotopic (exact) mass is 336 g/mol. The van der Waals surface area contributed by atoms with Crippen LogP contribution in [0.2, 0.25) is 0 Å². The lowest BCUT2D eigenvalue weighted by molar-refractivity contribution is -0.116. The van der Waals surface area contributed by atoms with Crippen LogP contribution >= 0.6 is 0 Å². The van der Waals surface area contributed by atoms with Gasteiger partial charge in [-0.3, -0.25) is 10.1 Å². The summed E-state index contributed by atoms with van der Waals surface area (Å²) >= 11 is 0. The van der Waals surface area contributed by atoms with Crippen molar-refractivity contribution in [1.82, 2.24) is 15.3 Å². The van der Waals surface area contributed by atoms with E-state index in [1.165, 1.54) is 0 Å². The number of carbonyl (C=O) groups is 1. The molecule has 0 bridgehead atoms. The van der Waals surface area contributed by atoms with Crippen LogP contribution in [0, 0.1) is 0 Å². The minimum Gasteiger partial charge on any atom is -0.495 e. The molecule has 0 saturated carbocycles. The summed E-state index contributed by atoms with van der Waals surface area (Å²) in [5, 5.41) is 5.96. The molecular weight excluding hydrogens is 320 g/mol. The zero-order chi connectivity index (χ0) is 17.2. The Bertz CT molecular complexity index is 931. The summed E-state index contributed by atoms with van der Waals surface area (Å²) < 4.78 is 11.1. The number of ether oxygens (including phenoxy) is 1. The van der Waals surface area contributed by atoms with Gasteiger partial charge in [0.25, 0.3) is 0 Å². The van der Waals surface area contributed by atoms with Crippen LogP contribution in [-0.4, -0.2) is 35.6 Å². The molecule has 4 rings (SSSR count). The van der Waals surface area contributed by atoms with E-state index < -0.39 is 0 Å². The Kier molecular flexibility index (Phi) is 3.91. The Morgan fingerprint density at radius 3 is 3.08 bits per heavy atom. The van der Waals surface area contributed by atoms with Gasteiger partial charge in [-0.25, -0.2) is 4.98 Å². The second-order valence-corrected chi connectivity index (χ2v) is 5.56. The fourth-order valence-electron chi connectivity index (χ4n) is 2.69. The number of methoxy groups -OCH3 is 1. The summed E-state index contributed by atoms with van der Waals surface area (Å²) in [5.41, 5.74) is 2.43. The van der Waals surface area contributed by atoms with Gasteiger partial charge in [0, 0.05) is 18.3 Å². The molecule has 1 atom stereocenters. The molecule has 1 aliphatic rings. The number of aromatic nitrogens is 2. The molecule has 0 aliphatic carbocycles. The molecule has 3 aromatic rings. The Morgan fingerprint density at radius 1 is 1.40 bits per heavy atom. The first-order chi connectivity index (χ1) is 12.2. The van der Waals surface area contributed by atoms with Gasteiger partial charge in [0.05, 0.1) is 12.8 Å². The highest BCUT2D eigenvalue weighted by Gasteiger charge is 2.20. The number of nitrogens with one attached hydrogen (secondary N) is 2. The van der Waals surface area contributed by atoms with Gasteiger partial charge in [-0.05, 0) is 30.3 Å². The summed E-state index contributed by atoms with van der Waals surface area (Å²) in [7, 11) is 1.56. The molecule has 1 amide bonds. The Balaban J connectivity index is 1.67. The number of fused-ring (bicyclic) bond motifs is 1. The van der Waals surface area contributed by atoms with Crippen molar-refractivity contribution in [3.63, 3.8) is 0 Å². The van der Waals surface area contributed by atoms with E-state index in [0.29, 0.717) is 35.1 Å². The second kappa shape index (κ2) is 6.37. The van der Waals surface area contributed by atoms with Crippen LogP contribution in [0.4, 0.5) is 5.69 Å². The van der Waals surface area contributed by atoms with Crippen molar-refractivity contribution in [2.45, 2.75) is 6.04 Å². The number of pyridine rings is 1. The van der Waals surface area contributed by atoms with Crippen molar-refractivity contribution in [1.29, 1.82) is 0 Å². The summed E-state index contributed by atoms with van der Waals surface area (Å²) in [5.74, 6) is 0.850. The minimum absolute atomic E-state index is 0.150. The average Bonchev–Trinajstić information content (AvgIpc) is 3.31. The quantitative estimate of drug-likeness (QED) is 0.711.